The summed E-state index contributed by atoms with van der Waals surface area (Å²) in [7, 11) is 0. The first-order valence-corrected chi connectivity index (χ1v) is 8.74. The van der Waals surface area contributed by atoms with Gasteiger partial charge in [0.15, 0.2) is 4.96 Å². The molecule has 3 aromatic rings. The third kappa shape index (κ3) is 3.08. The van der Waals surface area contributed by atoms with Crippen LogP contribution in [0.3, 0.4) is 0 Å². The van der Waals surface area contributed by atoms with Gasteiger partial charge in [-0.05, 0) is 30.3 Å². The summed E-state index contributed by atoms with van der Waals surface area (Å²) in [6, 6.07) is 3.79. The third-order valence-electron chi connectivity index (χ3n) is 3.22. The molecule has 3 aromatic heterocycles. The summed E-state index contributed by atoms with van der Waals surface area (Å²) in [6.45, 7) is 2.10. The summed E-state index contributed by atoms with van der Waals surface area (Å²) < 4.78 is 2.11. The second kappa shape index (κ2) is 6.36. The molecular formula is C14H15ClN4S2. The first-order valence-electron chi connectivity index (χ1n) is 6.67. The minimum atomic E-state index is 0.128. The maximum atomic E-state index is 6.19. The molecule has 1 unspecified atom stereocenters. The number of rotatable bonds is 5. The highest BCUT2D eigenvalue weighted by molar-refractivity contribution is 7.99. The van der Waals surface area contributed by atoms with Gasteiger partial charge < -0.3 is 5.73 Å². The lowest BCUT2D eigenvalue weighted by Crippen LogP contribution is -2.22. The summed E-state index contributed by atoms with van der Waals surface area (Å²) in [6.07, 6.45) is 5.51. The van der Waals surface area contributed by atoms with E-state index in [-0.39, 0.29) is 6.04 Å². The Morgan fingerprint density at radius 2 is 2.33 bits per heavy atom. The van der Waals surface area contributed by atoms with E-state index in [0.717, 1.165) is 33.5 Å². The molecule has 110 valence electrons. The molecule has 0 saturated carbocycles. The van der Waals surface area contributed by atoms with E-state index in [4.69, 9.17) is 17.3 Å². The van der Waals surface area contributed by atoms with Crippen molar-refractivity contribution in [3.05, 3.63) is 40.6 Å². The van der Waals surface area contributed by atoms with Crippen molar-refractivity contribution >= 4 is 39.7 Å². The van der Waals surface area contributed by atoms with E-state index < -0.39 is 0 Å². The minimum Gasteiger partial charge on any atom is -0.327 e. The maximum absolute atomic E-state index is 6.19. The molecule has 0 aliphatic heterocycles. The first-order chi connectivity index (χ1) is 10.2. The lowest BCUT2D eigenvalue weighted by atomic mass is 10.1. The molecular weight excluding hydrogens is 324 g/mol. The van der Waals surface area contributed by atoms with Gasteiger partial charge in [-0.15, -0.1) is 11.3 Å². The van der Waals surface area contributed by atoms with E-state index in [1.807, 2.05) is 23.7 Å². The van der Waals surface area contributed by atoms with Gasteiger partial charge in [0.2, 0.25) is 0 Å². The number of hydrogen-bond acceptors (Lipinski definition) is 5. The molecule has 0 amide bonds. The highest BCUT2D eigenvalue weighted by atomic mass is 35.5. The normalized spacial score (nSPS) is 12.9. The van der Waals surface area contributed by atoms with E-state index in [1.54, 1.807) is 17.5 Å². The zero-order chi connectivity index (χ0) is 14.8. The Kier molecular flexibility index (Phi) is 4.49. The molecule has 21 heavy (non-hydrogen) atoms. The van der Waals surface area contributed by atoms with Gasteiger partial charge in [0.1, 0.15) is 10.1 Å². The highest BCUT2D eigenvalue weighted by Crippen LogP contribution is 2.34. The predicted molar refractivity (Wildman–Crippen MR) is 88.4 cm³/mol. The minimum absolute atomic E-state index is 0.128. The van der Waals surface area contributed by atoms with Crippen LogP contribution in [-0.4, -0.2) is 20.4 Å². The van der Waals surface area contributed by atoms with E-state index in [0.29, 0.717) is 5.02 Å². The number of fused-ring (bicyclic) bond motifs is 1. The fourth-order valence-electron chi connectivity index (χ4n) is 2.01. The summed E-state index contributed by atoms with van der Waals surface area (Å²) in [5.41, 5.74) is 7.26. The molecule has 0 fully saturated rings. The van der Waals surface area contributed by atoms with Crippen molar-refractivity contribution in [1.29, 1.82) is 0 Å². The predicted octanol–water partition coefficient (Wildman–Crippen LogP) is 3.88. The summed E-state index contributed by atoms with van der Waals surface area (Å²) in [5, 5.41) is 4.39. The lowest BCUT2D eigenvalue weighted by Gasteiger charge is -2.09. The van der Waals surface area contributed by atoms with Crippen LogP contribution >= 0.6 is 34.7 Å². The van der Waals surface area contributed by atoms with Gasteiger partial charge in [-0.2, -0.15) is 0 Å². The molecule has 4 nitrogen and oxygen atoms in total. The number of hydrogen-bond donors (Lipinski definition) is 1. The van der Waals surface area contributed by atoms with E-state index >= 15 is 0 Å². The zero-order valence-electron chi connectivity index (χ0n) is 11.5. The quantitative estimate of drug-likeness (QED) is 0.767. The second-order valence-corrected chi connectivity index (χ2v) is 6.94. The Labute approximate surface area is 136 Å². The Morgan fingerprint density at radius 1 is 1.48 bits per heavy atom. The molecule has 1 atom stereocenters. The van der Waals surface area contributed by atoms with Gasteiger partial charge in [-0.25, -0.2) is 9.97 Å². The summed E-state index contributed by atoms with van der Waals surface area (Å²) in [5.74, 6) is 0. The van der Waals surface area contributed by atoms with Crippen LogP contribution in [0.25, 0.3) is 4.96 Å². The van der Waals surface area contributed by atoms with Crippen LogP contribution < -0.4 is 5.73 Å². The molecule has 3 rings (SSSR count). The van der Waals surface area contributed by atoms with Crippen LogP contribution in [0.15, 0.2) is 40.0 Å². The third-order valence-corrected chi connectivity index (χ3v) is 5.43. The van der Waals surface area contributed by atoms with Crippen molar-refractivity contribution in [2.75, 3.05) is 0 Å². The fourth-order valence-corrected chi connectivity index (χ4v) is 3.93. The van der Waals surface area contributed by atoms with Crippen molar-refractivity contribution in [2.45, 2.75) is 35.9 Å². The summed E-state index contributed by atoms with van der Waals surface area (Å²) in [4.78, 5) is 9.98. The zero-order valence-corrected chi connectivity index (χ0v) is 13.9. The maximum Gasteiger partial charge on any atom is 0.194 e. The Hall–Kier alpha value is -1.08. The molecule has 3 heterocycles. The van der Waals surface area contributed by atoms with Gasteiger partial charge in [0.25, 0.3) is 0 Å². The van der Waals surface area contributed by atoms with Crippen molar-refractivity contribution in [2.24, 2.45) is 5.73 Å². The van der Waals surface area contributed by atoms with Crippen LogP contribution in [0.5, 0.6) is 0 Å². The molecule has 0 aliphatic rings. The second-order valence-electron chi connectivity index (χ2n) is 4.68. The van der Waals surface area contributed by atoms with Crippen LogP contribution in [-0.2, 0) is 6.42 Å². The van der Waals surface area contributed by atoms with Gasteiger partial charge >= 0.3 is 0 Å². The molecule has 7 heteroatoms. The van der Waals surface area contributed by atoms with Crippen molar-refractivity contribution < 1.29 is 0 Å². The number of nitrogens with two attached hydrogens (primary N) is 1. The topological polar surface area (TPSA) is 56.2 Å². The lowest BCUT2D eigenvalue weighted by molar-refractivity contribution is 0.627. The van der Waals surface area contributed by atoms with Crippen LogP contribution in [0.1, 0.15) is 19.0 Å². The van der Waals surface area contributed by atoms with Gasteiger partial charge in [-0.3, -0.25) is 4.40 Å². The molecule has 0 spiro atoms. The fraction of sp³-hybridized carbons (Fsp3) is 0.286. The average molecular weight is 339 g/mol. The van der Waals surface area contributed by atoms with E-state index in [1.165, 1.54) is 11.8 Å². The Bertz CT molecular complexity index is 752. The smallest absolute Gasteiger partial charge is 0.194 e. The first kappa shape index (κ1) is 14.8. The number of nitrogens with zero attached hydrogens (tertiary/aromatic N) is 3. The standard InChI is InChI=1S/C14H15ClN4S2/c1-2-9(16)8-11-13(18-14-19(11)6-7-20-14)21-12-10(15)4-3-5-17-12/h3-7,9H,2,8,16H2,1H3. The number of pyridine rings is 1. The number of aromatic nitrogens is 3. The van der Waals surface area contributed by atoms with E-state index in [2.05, 4.69) is 21.3 Å². The van der Waals surface area contributed by atoms with Crippen LogP contribution in [0, 0.1) is 0 Å². The molecule has 0 bridgehead atoms. The van der Waals surface area contributed by atoms with Crippen molar-refractivity contribution in [3.8, 4) is 0 Å². The number of imidazole rings is 1. The van der Waals surface area contributed by atoms with Gasteiger partial charge in [0, 0.05) is 30.2 Å². The molecule has 0 radical (unpaired) electrons. The molecule has 0 aliphatic carbocycles. The number of thiazole rings is 1. The summed E-state index contributed by atoms with van der Waals surface area (Å²) >= 11 is 9.31. The number of halogens is 1. The van der Waals surface area contributed by atoms with E-state index in [9.17, 15) is 0 Å². The van der Waals surface area contributed by atoms with Gasteiger partial charge in [0.05, 0.1) is 10.7 Å². The Morgan fingerprint density at radius 3 is 3.10 bits per heavy atom. The Balaban J connectivity index is 1.99. The highest BCUT2D eigenvalue weighted by Gasteiger charge is 2.18. The monoisotopic (exact) mass is 338 g/mol. The van der Waals surface area contributed by atoms with Crippen molar-refractivity contribution in [3.63, 3.8) is 0 Å². The molecule has 0 saturated heterocycles. The van der Waals surface area contributed by atoms with Crippen molar-refractivity contribution in [1.82, 2.24) is 14.4 Å². The molecule has 2 N–H and O–H groups in total. The average Bonchev–Trinajstić information content (AvgIpc) is 3.04. The SMILES string of the molecule is CCC(N)Cc1c(Sc2ncccc2Cl)nc2sccn12. The van der Waals surface area contributed by atoms with Gasteiger partial charge in [-0.1, -0.05) is 18.5 Å². The van der Waals surface area contributed by atoms with Crippen LogP contribution in [0.4, 0.5) is 0 Å². The largest absolute Gasteiger partial charge is 0.327 e. The molecule has 0 aromatic carbocycles. The van der Waals surface area contributed by atoms with Crippen LogP contribution in [0.2, 0.25) is 5.02 Å².